The Hall–Kier alpha value is -0.380. The molecular weight excluding hydrogens is 279 g/mol. The molecule has 19 heavy (non-hydrogen) atoms. The smallest absolute Gasteiger partial charge is 0.312 e. The average molecular weight is 298 g/mol. The molecule has 0 unspecified atom stereocenters. The lowest BCUT2D eigenvalue weighted by atomic mass is 10.1. The molecule has 0 spiro atoms. The zero-order valence-corrected chi connectivity index (χ0v) is 12.6. The molecule has 1 aliphatic rings. The summed E-state index contributed by atoms with van der Waals surface area (Å²) in [5, 5.41) is 0. The van der Waals surface area contributed by atoms with E-state index < -0.39 is 8.60 Å². The van der Waals surface area contributed by atoms with Gasteiger partial charge in [-0.2, -0.15) is 0 Å². The van der Waals surface area contributed by atoms with Gasteiger partial charge in [-0.25, -0.2) is 0 Å². The van der Waals surface area contributed by atoms with Crippen LogP contribution in [0.25, 0.3) is 0 Å². The van der Waals surface area contributed by atoms with Crippen LogP contribution in [0.1, 0.15) is 24.8 Å². The monoisotopic (exact) mass is 298 g/mol. The van der Waals surface area contributed by atoms with E-state index in [0.717, 1.165) is 30.5 Å². The summed E-state index contributed by atoms with van der Waals surface area (Å²) < 4.78 is 16.0. The second-order valence-corrected chi connectivity index (χ2v) is 6.18. The third-order valence-corrected chi connectivity index (χ3v) is 4.30. The predicted octanol–water partition coefficient (Wildman–Crippen LogP) is 4.06. The molecule has 1 aromatic carbocycles. The van der Waals surface area contributed by atoms with E-state index in [1.165, 1.54) is 5.56 Å². The second kappa shape index (κ2) is 8.72. The normalized spacial score (nSPS) is 15.8. The molecule has 3 nitrogen and oxygen atoms in total. The number of thiocarbonyl (C=S) groups is 1. The van der Waals surface area contributed by atoms with Crippen LogP contribution in [-0.2, 0) is 20.0 Å². The second-order valence-electron chi connectivity index (χ2n) is 4.38. The van der Waals surface area contributed by atoms with E-state index in [1.807, 2.05) is 6.07 Å². The molecule has 1 heterocycles. The Morgan fingerprint density at radius 1 is 1.16 bits per heavy atom. The van der Waals surface area contributed by atoms with Crippen LogP contribution in [-0.4, -0.2) is 24.7 Å². The van der Waals surface area contributed by atoms with Gasteiger partial charge in [0.25, 0.3) is 0 Å². The molecule has 0 atom stereocenters. The summed E-state index contributed by atoms with van der Waals surface area (Å²) in [5.74, 6) is 0. The quantitative estimate of drug-likeness (QED) is 0.411. The van der Waals surface area contributed by atoms with Gasteiger partial charge in [-0.15, -0.1) is 0 Å². The summed E-state index contributed by atoms with van der Waals surface area (Å²) in [4.78, 5) is 1.12. The molecule has 0 aromatic heterocycles. The van der Waals surface area contributed by atoms with E-state index in [2.05, 4.69) is 24.3 Å². The topological polar surface area (TPSA) is 27.7 Å². The molecule has 0 N–H and O–H groups in total. The van der Waals surface area contributed by atoms with Gasteiger partial charge in [-0.3, -0.25) is 0 Å². The van der Waals surface area contributed by atoms with Gasteiger partial charge in [0.1, 0.15) is 0 Å². The van der Waals surface area contributed by atoms with Crippen LogP contribution in [0, 0.1) is 0 Å². The zero-order valence-electron chi connectivity index (χ0n) is 10.9. The summed E-state index contributed by atoms with van der Waals surface area (Å²) >= 11 is 5.41. The molecule has 104 valence electrons. The van der Waals surface area contributed by atoms with E-state index in [4.69, 9.17) is 25.8 Å². The van der Waals surface area contributed by atoms with Crippen molar-refractivity contribution in [1.82, 2.24) is 0 Å². The molecule has 0 aliphatic carbocycles. The van der Waals surface area contributed by atoms with E-state index in [9.17, 15) is 0 Å². The maximum Gasteiger partial charge on any atom is 0.332 e. The molecule has 1 saturated heterocycles. The van der Waals surface area contributed by atoms with Crippen molar-refractivity contribution >= 4 is 25.7 Å². The van der Waals surface area contributed by atoms with Crippen molar-refractivity contribution in [2.24, 2.45) is 0 Å². The van der Waals surface area contributed by atoms with E-state index in [0.29, 0.717) is 19.8 Å². The predicted molar refractivity (Wildman–Crippen MR) is 81.4 cm³/mol. The molecule has 2 rings (SSSR count). The lowest BCUT2D eigenvalue weighted by Crippen LogP contribution is -2.00. The lowest BCUT2D eigenvalue weighted by Gasteiger charge is -2.08. The van der Waals surface area contributed by atoms with Gasteiger partial charge in [-0.05, 0) is 29.7 Å². The van der Waals surface area contributed by atoms with Crippen LogP contribution in [0.5, 0.6) is 0 Å². The molecule has 1 fully saturated rings. The minimum atomic E-state index is -1.05. The Bertz CT molecular complexity index is 380. The third kappa shape index (κ3) is 6.07. The number of hydrogen-bond acceptors (Lipinski definition) is 4. The maximum atomic E-state index is 5.48. The van der Waals surface area contributed by atoms with Crippen LogP contribution in [0.15, 0.2) is 30.3 Å². The van der Waals surface area contributed by atoms with Crippen molar-refractivity contribution in [2.45, 2.75) is 25.7 Å². The molecular formula is C14H19O3PS. The van der Waals surface area contributed by atoms with Gasteiger partial charge >= 0.3 is 8.60 Å². The summed E-state index contributed by atoms with van der Waals surface area (Å²) in [7, 11) is -1.05. The zero-order chi connectivity index (χ0) is 13.3. The molecule has 1 aromatic rings. The minimum Gasteiger partial charge on any atom is -0.312 e. The van der Waals surface area contributed by atoms with Gasteiger partial charge < -0.3 is 13.6 Å². The fourth-order valence-electron chi connectivity index (χ4n) is 1.81. The molecule has 0 amide bonds. The van der Waals surface area contributed by atoms with E-state index in [1.54, 1.807) is 0 Å². The van der Waals surface area contributed by atoms with Gasteiger partial charge in [-0.1, -0.05) is 42.5 Å². The van der Waals surface area contributed by atoms with E-state index in [-0.39, 0.29) is 0 Å². The maximum absolute atomic E-state index is 5.48. The Morgan fingerprint density at radius 2 is 1.89 bits per heavy atom. The van der Waals surface area contributed by atoms with Crippen LogP contribution in [0.3, 0.4) is 0 Å². The number of benzene rings is 1. The van der Waals surface area contributed by atoms with Crippen molar-refractivity contribution in [2.75, 3.05) is 19.8 Å². The van der Waals surface area contributed by atoms with Crippen LogP contribution >= 0.6 is 20.8 Å². The van der Waals surface area contributed by atoms with Crippen molar-refractivity contribution < 1.29 is 13.6 Å². The number of hydrogen-bond donors (Lipinski definition) is 0. The summed E-state index contributed by atoms with van der Waals surface area (Å²) in [6.07, 6.45) is 3.94. The third-order valence-electron chi connectivity index (χ3n) is 2.77. The summed E-state index contributed by atoms with van der Waals surface area (Å²) in [6.45, 7) is 2.01. The Morgan fingerprint density at radius 3 is 2.63 bits per heavy atom. The van der Waals surface area contributed by atoms with Crippen molar-refractivity contribution in [3.05, 3.63) is 35.9 Å². The summed E-state index contributed by atoms with van der Waals surface area (Å²) in [5.41, 5.74) is 1.29. The minimum absolute atomic E-state index is 0.660. The first-order chi connectivity index (χ1) is 9.34. The molecule has 0 saturated carbocycles. The molecule has 5 heteroatoms. The number of unbranched alkanes of at least 4 members (excludes halogenated alkanes) is 1. The SMILES string of the molecule is S=C(CCCCOP1OCCO1)Cc1ccccc1. The van der Waals surface area contributed by atoms with Crippen LogP contribution in [0.4, 0.5) is 0 Å². The number of rotatable bonds is 8. The highest BCUT2D eigenvalue weighted by Gasteiger charge is 2.18. The Balaban J connectivity index is 1.51. The van der Waals surface area contributed by atoms with Gasteiger partial charge in [0.15, 0.2) is 0 Å². The van der Waals surface area contributed by atoms with Crippen molar-refractivity contribution in [1.29, 1.82) is 0 Å². The highest BCUT2D eigenvalue weighted by Crippen LogP contribution is 2.43. The van der Waals surface area contributed by atoms with Crippen LogP contribution in [0.2, 0.25) is 0 Å². The standard InChI is InChI=1S/C14H19O3PS/c19-14(12-13-6-2-1-3-7-13)8-4-5-9-15-18-16-10-11-17-18/h1-3,6-7H,4-5,8-12H2. The van der Waals surface area contributed by atoms with E-state index >= 15 is 0 Å². The first-order valence-electron chi connectivity index (χ1n) is 6.59. The fourth-order valence-corrected chi connectivity index (χ4v) is 3.07. The highest BCUT2D eigenvalue weighted by molar-refractivity contribution is 7.80. The highest BCUT2D eigenvalue weighted by atomic mass is 32.1. The average Bonchev–Trinajstić information content (AvgIpc) is 2.92. The van der Waals surface area contributed by atoms with Gasteiger partial charge in [0.2, 0.25) is 0 Å². The Labute approximate surface area is 121 Å². The fraction of sp³-hybridized carbons (Fsp3) is 0.500. The van der Waals surface area contributed by atoms with Crippen molar-refractivity contribution in [3.63, 3.8) is 0 Å². The first-order valence-corrected chi connectivity index (χ1v) is 8.09. The molecule has 0 bridgehead atoms. The van der Waals surface area contributed by atoms with Gasteiger partial charge in [0, 0.05) is 6.42 Å². The summed E-state index contributed by atoms with van der Waals surface area (Å²) in [6, 6.07) is 10.4. The Kier molecular flexibility index (Phi) is 6.90. The molecule has 0 radical (unpaired) electrons. The van der Waals surface area contributed by atoms with Gasteiger partial charge in [0.05, 0.1) is 19.8 Å². The molecule has 1 aliphatic heterocycles. The largest absolute Gasteiger partial charge is 0.332 e. The first kappa shape index (κ1) is 15.0. The van der Waals surface area contributed by atoms with Crippen molar-refractivity contribution in [3.8, 4) is 0 Å². The van der Waals surface area contributed by atoms with Crippen LogP contribution < -0.4 is 0 Å². The lowest BCUT2D eigenvalue weighted by molar-refractivity contribution is 0.243.